The van der Waals surface area contributed by atoms with E-state index in [2.05, 4.69) is 22.5 Å². The Hall–Kier alpha value is -1.87. The number of methoxy groups -OCH3 is 1. The smallest absolute Gasteiger partial charge is 0.313 e. The van der Waals surface area contributed by atoms with Crippen LogP contribution in [0.4, 0.5) is 0 Å². The van der Waals surface area contributed by atoms with E-state index in [1.54, 1.807) is 0 Å². The second-order valence-corrected chi connectivity index (χ2v) is 6.05. The van der Waals surface area contributed by atoms with E-state index in [1.807, 2.05) is 54.6 Å². The van der Waals surface area contributed by atoms with Gasteiger partial charge >= 0.3 is 5.97 Å². The Labute approximate surface area is 139 Å². The normalized spacial score (nSPS) is 11.7. The molecule has 0 radical (unpaired) electrons. The number of esters is 1. The summed E-state index contributed by atoms with van der Waals surface area (Å²) in [5, 5.41) is 0. The van der Waals surface area contributed by atoms with Gasteiger partial charge in [0.2, 0.25) is 0 Å². The van der Waals surface area contributed by atoms with E-state index in [4.69, 9.17) is 4.74 Å². The predicted octanol–water partition coefficient (Wildman–Crippen LogP) is 5.20. The van der Waals surface area contributed by atoms with Gasteiger partial charge in [-0.25, -0.2) is 0 Å². The molecule has 0 aliphatic heterocycles. The van der Waals surface area contributed by atoms with Crippen LogP contribution in [0.2, 0.25) is 0 Å². The monoisotopic (exact) mass is 358 g/mol. The number of hydrogen-bond donors (Lipinski definition) is 0. The summed E-state index contributed by atoms with van der Waals surface area (Å²) in [6.45, 7) is 4.13. The molecule has 0 saturated carbocycles. The van der Waals surface area contributed by atoms with Crippen LogP contribution >= 0.6 is 15.9 Å². The molecule has 2 aromatic rings. The Bertz CT molecular complexity index is 649. The zero-order valence-corrected chi connectivity index (χ0v) is 14.2. The average Bonchev–Trinajstić information content (AvgIpc) is 2.55. The minimum atomic E-state index is -0.275. The van der Waals surface area contributed by atoms with E-state index < -0.39 is 0 Å². The van der Waals surface area contributed by atoms with Gasteiger partial charge in [0.15, 0.2) is 0 Å². The maximum Gasteiger partial charge on any atom is 0.313 e. The van der Waals surface area contributed by atoms with Crippen LogP contribution in [-0.4, -0.2) is 13.1 Å². The first-order chi connectivity index (χ1) is 10.6. The van der Waals surface area contributed by atoms with Crippen molar-refractivity contribution in [3.8, 4) is 0 Å². The molecule has 0 saturated heterocycles. The van der Waals surface area contributed by atoms with Crippen LogP contribution in [0.5, 0.6) is 0 Å². The van der Waals surface area contributed by atoms with Gasteiger partial charge in [-0.15, -0.1) is 0 Å². The lowest BCUT2D eigenvalue weighted by atomic mass is 9.91. The van der Waals surface area contributed by atoms with E-state index in [0.717, 1.165) is 27.6 Å². The van der Waals surface area contributed by atoms with Crippen LogP contribution in [0.1, 0.15) is 29.9 Å². The third kappa shape index (κ3) is 4.31. The molecule has 0 aromatic heterocycles. The third-order valence-electron chi connectivity index (χ3n) is 3.65. The van der Waals surface area contributed by atoms with Gasteiger partial charge in [0.05, 0.1) is 13.0 Å². The fourth-order valence-corrected chi connectivity index (χ4v) is 2.84. The molecule has 0 fully saturated rings. The summed E-state index contributed by atoms with van der Waals surface area (Å²) in [7, 11) is 1.43. The van der Waals surface area contributed by atoms with E-state index >= 15 is 0 Å². The topological polar surface area (TPSA) is 26.3 Å². The number of halogens is 1. The van der Waals surface area contributed by atoms with Gasteiger partial charge in [0, 0.05) is 4.47 Å². The minimum absolute atomic E-state index is 0.209. The summed E-state index contributed by atoms with van der Waals surface area (Å²) in [4.78, 5) is 12.1. The summed E-state index contributed by atoms with van der Waals surface area (Å²) < 4.78 is 5.92. The van der Waals surface area contributed by atoms with Crippen molar-refractivity contribution >= 4 is 27.5 Å². The molecule has 1 atom stereocenters. The molecule has 2 aromatic carbocycles. The van der Waals surface area contributed by atoms with Gasteiger partial charge in [0.25, 0.3) is 0 Å². The summed E-state index contributed by atoms with van der Waals surface area (Å²) in [5.74, 6) is -0.484. The molecule has 0 spiro atoms. The van der Waals surface area contributed by atoms with E-state index in [1.165, 1.54) is 7.11 Å². The van der Waals surface area contributed by atoms with E-state index in [9.17, 15) is 4.79 Å². The lowest BCUT2D eigenvalue weighted by Gasteiger charge is -2.16. The zero-order chi connectivity index (χ0) is 15.9. The van der Waals surface area contributed by atoms with Crippen LogP contribution in [0.25, 0.3) is 5.57 Å². The van der Waals surface area contributed by atoms with Crippen molar-refractivity contribution in [1.82, 2.24) is 0 Å². The summed E-state index contributed by atoms with van der Waals surface area (Å²) in [6, 6.07) is 17.8. The Morgan fingerprint density at radius 2 is 1.91 bits per heavy atom. The zero-order valence-electron chi connectivity index (χ0n) is 12.6. The van der Waals surface area contributed by atoms with Crippen molar-refractivity contribution in [2.45, 2.75) is 18.8 Å². The molecule has 2 nitrogen and oxygen atoms in total. The summed E-state index contributed by atoms with van der Waals surface area (Å²) in [6.07, 6.45) is 1.42. The molecule has 0 heterocycles. The number of carbonyl (C=O) groups excluding carboxylic acids is 1. The first-order valence-electron chi connectivity index (χ1n) is 7.18. The Kier molecular flexibility index (Phi) is 5.96. The lowest BCUT2D eigenvalue weighted by molar-refractivity contribution is -0.142. The first kappa shape index (κ1) is 16.5. The molecule has 0 amide bonds. The predicted molar refractivity (Wildman–Crippen MR) is 93.6 cm³/mol. The van der Waals surface area contributed by atoms with Gasteiger partial charge in [0.1, 0.15) is 0 Å². The standard InChI is InChI=1S/C19H19BrO2/c1-14(15-7-4-3-5-8-15)11-12-18(19(21)22-2)16-9-6-10-17(20)13-16/h3-10,13,18H,1,11-12H2,2H3. The van der Waals surface area contributed by atoms with Gasteiger partial charge in [-0.05, 0) is 41.7 Å². The molecule has 2 rings (SSSR count). The number of ether oxygens (including phenoxy) is 1. The fraction of sp³-hybridized carbons (Fsp3) is 0.211. The van der Waals surface area contributed by atoms with Crippen LogP contribution in [-0.2, 0) is 9.53 Å². The summed E-state index contributed by atoms with van der Waals surface area (Å²) in [5.41, 5.74) is 3.10. The molecule has 0 aliphatic rings. The van der Waals surface area contributed by atoms with Crippen molar-refractivity contribution in [1.29, 1.82) is 0 Å². The van der Waals surface area contributed by atoms with Crippen LogP contribution in [0.15, 0.2) is 65.6 Å². The Balaban J connectivity index is 2.11. The van der Waals surface area contributed by atoms with Crippen LogP contribution < -0.4 is 0 Å². The quantitative estimate of drug-likeness (QED) is 0.663. The van der Waals surface area contributed by atoms with Crippen molar-refractivity contribution in [3.63, 3.8) is 0 Å². The second-order valence-electron chi connectivity index (χ2n) is 5.14. The Morgan fingerprint density at radius 3 is 2.55 bits per heavy atom. The van der Waals surface area contributed by atoms with Crippen molar-refractivity contribution in [2.75, 3.05) is 7.11 Å². The average molecular weight is 359 g/mol. The molecular formula is C19H19BrO2. The van der Waals surface area contributed by atoms with Crippen molar-refractivity contribution in [2.24, 2.45) is 0 Å². The fourth-order valence-electron chi connectivity index (χ4n) is 2.42. The maximum absolute atomic E-state index is 12.1. The summed E-state index contributed by atoms with van der Waals surface area (Å²) >= 11 is 3.45. The molecule has 0 aliphatic carbocycles. The molecular weight excluding hydrogens is 340 g/mol. The number of allylic oxidation sites excluding steroid dienone is 1. The van der Waals surface area contributed by atoms with Gasteiger partial charge < -0.3 is 4.74 Å². The highest BCUT2D eigenvalue weighted by atomic mass is 79.9. The van der Waals surface area contributed by atoms with Gasteiger partial charge in [-0.2, -0.15) is 0 Å². The Morgan fingerprint density at radius 1 is 1.18 bits per heavy atom. The number of benzene rings is 2. The largest absolute Gasteiger partial charge is 0.469 e. The van der Waals surface area contributed by atoms with E-state index in [-0.39, 0.29) is 11.9 Å². The van der Waals surface area contributed by atoms with Crippen LogP contribution in [0.3, 0.4) is 0 Å². The highest BCUT2D eigenvalue weighted by molar-refractivity contribution is 9.10. The molecule has 3 heteroatoms. The number of carbonyl (C=O) groups is 1. The van der Waals surface area contributed by atoms with Crippen molar-refractivity contribution in [3.05, 3.63) is 76.8 Å². The van der Waals surface area contributed by atoms with Crippen LogP contribution in [0, 0.1) is 0 Å². The molecule has 114 valence electrons. The number of rotatable bonds is 6. The SMILES string of the molecule is C=C(CCC(C(=O)OC)c1cccc(Br)c1)c1ccccc1. The highest BCUT2D eigenvalue weighted by Gasteiger charge is 2.21. The van der Waals surface area contributed by atoms with Gasteiger partial charge in [-0.1, -0.05) is 65.0 Å². The molecule has 0 bridgehead atoms. The van der Waals surface area contributed by atoms with E-state index in [0.29, 0.717) is 6.42 Å². The lowest BCUT2D eigenvalue weighted by Crippen LogP contribution is -2.14. The highest BCUT2D eigenvalue weighted by Crippen LogP contribution is 2.29. The number of hydrogen-bond acceptors (Lipinski definition) is 2. The molecule has 22 heavy (non-hydrogen) atoms. The minimum Gasteiger partial charge on any atom is -0.469 e. The van der Waals surface area contributed by atoms with Gasteiger partial charge in [-0.3, -0.25) is 4.79 Å². The first-order valence-corrected chi connectivity index (χ1v) is 7.97. The van der Waals surface area contributed by atoms with Crippen molar-refractivity contribution < 1.29 is 9.53 Å². The maximum atomic E-state index is 12.1. The molecule has 1 unspecified atom stereocenters. The molecule has 0 N–H and O–H groups in total. The second kappa shape index (κ2) is 7.95. The third-order valence-corrected chi connectivity index (χ3v) is 4.15.